The van der Waals surface area contributed by atoms with E-state index in [1.807, 2.05) is 0 Å². The van der Waals surface area contributed by atoms with Crippen molar-refractivity contribution in [3.8, 4) is 11.5 Å². The molecule has 156 valence electrons. The van der Waals surface area contributed by atoms with Gasteiger partial charge in [-0.15, -0.1) is 0 Å². The smallest absolute Gasteiger partial charge is 0.387 e. The Morgan fingerprint density at radius 2 is 1.79 bits per heavy atom. The van der Waals surface area contributed by atoms with Crippen LogP contribution in [-0.4, -0.2) is 41.2 Å². The van der Waals surface area contributed by atoms with Gasteiger partial charge in [-0.05, 0) is 18.2 Å². The third-order valence-corrected chi connectivity index (χ3v) is 3.94. The topological polar surface area (TPSA) is 132 Å². The van der Waals surface area contributed by atoms with Gasteiger partial charge in [0.05, 0.1) is 12.7 Å². The molecule has 0 saturated carbocycles. The van der Waals surface area contributed by atoms with E-state index in [0.717, 1.165) is 22.8 Å². The van der Waals surface area contributed by atoms with Crippen molar-refractivity contribution in [1.29, 1.82) is 0 Å². The van der Waals surface area contributed by atoms with Gasteiger partial charge in [0.15, 0.2) is 18.1 Å². The van der Waals surface area contributed by atoms with E-state index in [1.54, 1.807) is 0 Å². The van der Waals surface area contributed by atoms with Gasteiger partial charge in [0.25, 0.3) is 5.56 Å². The summed E-state index contributed by atoms with van der Waals surface area (Å²) in [6, 6.07) is 3.29. The van der Waals surface area contributed by atoms with Crippen LogP contribution < -0.4 is 26.5 Å². The van der Waals surface area contributed by atoms with Crippen LogP contribution in [0.25, 0.3) is 0 Å². The lowest BCUT2D eigenvalue weighted by Gasteiger charge is -2.12. The molecular formula is C17H17F2N3O7. The SMILES string of the molecule is COc1cc(C(=O)OCC(=O)c2c(N)n(C)c(=O)n(C)c2=O)ccc1OC(F)F. The van der Waals surface area contributed by atoms with Gasteiger partial charge in [-0.2, -0.15) is 8.78 Å². The molecule has 0 aliphatic rings. The number of esters is 1. The summed E-state index contributed by atoms with van der Waals surface area (Å²) in [6.45, 7) is -3.93. The van der Waals surface area contributed by atoms with Crippen molar-refractivity contribution in [3.05, 3.63) is 50.2 Å². The van der Waals surface area contributed by atoms with Gasteiger partial charge in [-0.3, -0.25) is 18.7 Å². The molecule has 0 atom stereocenters. The minimum Gasteiger partial charge on any atom is -0.493 e. The lowest BCUT2D eigenvalue weighted by atomic mass is 10.2. The number of benzene rings is 1. The molecule has 12 heteroatoms. The van der Waals surface area contributed by atoms with Crippen molar-refractivity contribution in [2.75, 3.05) is 19.5 Å². The van der Waals surface area contributed by atoms with Crippen LogP contribution in [0.1, 0.15) is 20.7 Å². The highest BCUT2D eigenvalue weighted by molar-refractivity contribution is 6.02. The van der Waals surface area contributed by atoms with Crippen LogP contribution in [-0.2, 0) is 18.8 Å². The zero-order chi connectivity index (χ0) is 21.9. The number of rotatable bonds is 7. The van der Waals surface area contributed by atoms with Crippen molar-refractivity contribution in [1.82, 2.24) is 9.13 Å². The molecule has 29 heavy (non-hydrogen) atoms. The highest BCUT2D eigenvalue weighted by Gasteiger charge is 2.22. The van der Waals surface area contributed by atoms with Crippen molar-refractivity contribution in [2.45, 2.75) is 6.61 Å². The molecule has 1 heterocycles. The number of aromatic nitrogens is 2. The van der Waals surface area contributed by atoms with Gasteiger partial charge in [0.1, 0.15) is 11.4 Å². The van der Waals surface area contributed by atoms with Gasteiger partial charge in [-0.1, -0.05) is 0 Å². The maximum atomic E-state index is 12.3. The minimum atomic E-state index is -3.09. The summed E-state index contributed by atoms with van der Waals surface area (Å²) in [5.41, 5.74) is 3.40. The molecule has 0 aliphatic carbocycles. The largest absolute Gasteiger partial charge is 0.493 e. The number of Topliss-reactive ketones (excluding diaryl/α,β-unsaturated/α-hetero) is 1. The Bertz CT molecular complexity index is 1080. The van der Waals surface area contributed by atoms with E-state index in [0.29, 0.717) is 4.57 Å². The molecule has 1 aromatic heterocycles. The molecule has 2 aromatic rings. The first-order valence-corrected chi connectivity index (χ1v) is 7.97. The number of anilines is 1. The van der Waals surface area contributed by atoms with Gasteiger partial charge >= 0.3 is 18.3 Å². The number of ether oxygens (including phenoxy) is 3. The van der Waals surface area contributed by atoms with Crippen LogP contribution in [0.4, 0.5) is 14.6 Å². The molecule has 0 amide bonds. The Labute approximate surface area is 162 Å². The monoisotopic (exact) mass is 413 g/mol. The highest BCUT2D eigenvalue weighted by Crippen LogP contribution is 2.29. The van der Waals surface area contributed by atoms with Gasteiger partial charge in [0, 0.05) is 14.1 Å². The first kappa shape index (κ1) is 21.6. The number of carbonyl (C=O) groups is 2. The molecule has 0 unspecified atom stereocenters. The second-order valence-corrected chi connectivity index (χ2v) is 5.71. The lowest BCUT2D eigenvalue weighted by Crippen LogP contribution is -2.42. The molecule has 0 fully saturated rings. The summed E-state index contributed by atoms with van der Waals surface area (Å²) >= 11 is 0. The number of alkyl halides is 2. The quantitative estimate of drug-likeness (QED) is 0.507. The van der Waals surface area contributed by atoms with Crippen molar-refractivity contribution in [2.24, 2.45) is 14.1 Å². The molecule has 0 saturated heterocycles. The Kier molecular flexibility index (Phi) is 6.36. The number of ketones is 1. The number of nitrogen functional groups attached to an aromatic ring is 1. The van der Waals surface area contributed by atoms with E-state index in [1.165, 1.54) is 21.2 Å². The second-order valence-electron chi connectivity index (χ2n) is 5.71. The Balaban J connectivity index is 2.21. The van der Waals surface area contributed by atoms with Crippen LogP contribution in [0.2, 0.25) is 0 Å². The Hall–Kier alpha value is -3.70. The van der Waals surface area contributed by atoms with Gasteiger partial charge in [-0.25, -0.2) is 9.59 Å². The zero-order valence-corrected chi connectivity index (χ0v) is 15.6. The van der Waals surface area contributed by atoms with E-state index in [-0.39, 0.29) is 22.9 Å². The van der Waals surface area contributed by atoms with E-state index in [4.69, 9.17) is 15.2 Å². The predicted molar refractivity (Wildman–Crippen MR) is 95.6 cm³/mol. The van der Waals surface area contributed by atoms with Crippen molar-refractivity contribution in [3.63, 3.8) is 0 Å². The third-order valence-electron chi connectivity index (χ3n) is 3.94. The number of hydrogen-bond acceptors (Lipinski definition) is 8. The Morgan fingerprint density at radius 3 is 2.38 bits per heavy atom. The number of methoxy groups -OCH3 is 1. The van der Waals surface area contributed by atoms with E-state index < -0.39 is 41.8 Å². The number of hydrogen-bond donors (Lipinski definition) is 1. The van der Waals surface area contributed by atoms with Gasteiger partial charge < -0.3 is 19.9 Å². The highest BCUT2D eigenvalue weighted by atomic mass is 19.3. The van der Waals surface area contributed by atoms with Crippen LogP contribution in [0, 0.1) is 0 Å². The van der Waals surface area contributed by atoms with Gasteiger partial charge in [0.2, 0.25) is 5.78 Å². The number of nitrogens with two attached hydrogens (primary N) is 1. The molecule has 0 bridgehead atoms. The van der Waals surface area contributed by atoms with Crippen molar-refractivity contribution < 1.29 is 32.6 Å². The molecule has 10 nitrogen and oxygen atoms in total. The molecule has 2 N–H and O–H groups in total. The average molecular weight is 413 g/mol. The van der Waals surface area contributed by atoms with E-state index >= 15 is 0 Å². The molecular weight excluding hydrogens is 396 g/mol. The third kappa shape index (κ3) is 4.42. The maximum absolute atomic E-state index is 12.3. The first-order valence-electron chi connectivity index (χ1n) is 7.97. The average Bonchev–Trinajstić information content (AvgIpc) is 2.69. The summed E-state index contributed by atoms with van der Waals surface area (Å²) in [5, 5.41) is 0. The summed E-state index contributed by atoms with van der Waals surface area (Å²) in [7, 11) is 3.63. The van der Waals surface area contributed by atoms with E-state index in [9.17, 15) is 28.0 Å². The number of halogens is 2. The molecule has 0 radical (unpaired) electrons. The molecule has 1 aromatic carbocycles. The fraction of sp³-hybridized carbons (Fsp3) is 0.294. The van der Waals surface area contributed by atoms with E-state index in [2.05, 4.69) is 4.74 Å². The summed E-state index contributed by atoms with van der Waals surface area (Å²) < 4.78 is 40.3. The minimum absolute atomic E-state index is 0.113. The Morgan fingerprint density at radius 1 is 1.14 bits per heavy atom. The predicted octanol–water partition coefficient (Wildman–Crippen LogP) is 0.316. The number of carbonyl (C=O) groups excluding carboxylic acids is 2. The molecule has 2 rings (SSSR count). The molecule has 0 spiro atoms. The van der Waals surface area contributed by atoms with Crippen LogP contribution in [0.5, 0.6) is 11.5 Å². The second kappa shape index (κ2) is 8.54. The standard InChI is InChI=1S/C17H17F2N3O7/c1-21-13(20)12(14(24)22(2)17(21)26)9(23)7-28-15(25)8-4-5-10(29-16(18)19)11(6-8)27-3/h4-6,16H,7,20H2,1-3H3. The fourth-order valence-electron chi connectivity index (χ4n) is 2.40. The fourth-order valence-corrected chi connectivity index (χ4v) is 2.40. The summed E-state index contributed by atoms with van der Waals surface area (Å²) in [4.78, 5) is 48.4. The lowest BCUT2D eigenvalue weighted by molar-refractivity contribution is -0.0512. The first-order chi connectivity index (χ1) is 13.6. The van der Waals surface area contributed by atoms with Crippen molar-refractivity contribution >= 4 is 17.6 Å². The maximum Gasteiger partial charge on any atom is 0.387 e. The zero-order valence-electron chi connectivity index (χ0n) is 15.6. The number of nitrogens with zero attached hydrogens (tertiary/aromatic N) is 2. The van der Waals surface area contributed by atoms with Crippen LogP contribution in [0.15, 0.2) is 27.8 Å². The summed E-state index contributed by atoms with van der Waals surface area (Å²) in [6.07, 6.45) is 0. The molecule has 0 aliphatic heterocycles. The summed E-state index contributed by atoms with van der Waals surface area (Å²) in [5.74, 6) is -2.72. The normalized spacial score (nSPS) is 10.7. The van der Waals surface area contributed by atoms with Crippen LogP contribution >= 0.6 is 0 Å². The van der Waals surface area contributed by atoms with Crippen LogP contribution in [0.3, 0.4) is 0 Å².